The van der Waals surface area contributed by atoms with Crippen molar-refractivity contribution in [3.8, 4) is 0 Å². The van der Waals surface area contributed by atoms with E-state index in [1.54, 1.807) is 30.4 Å². The molecule has 3 rings (SSSR count). The Morgan fingerprint density at radius 3 is 2.52 bits per heavy atom. The lowest BCUT2D eigenvalue weighted by molar-refractivity contribution is -0.186. The van der Waals surface area contributed by atoms with Crippen molar-refractivity contribution in [1.29, 1.82) is 0 Å². The summed E-state index contributed by atoms with van der Waals surface area (Å²) < 4.78 is 49.6. The average molecular weight is 379 g/mol. The highest BCUT2D eigenvalue weighted by atomic mass is 19.3. The lowest BCUT2D eigenvalue weighted by Crippen LogP contribution is -2.65. The fourth-order valence-corrected chi connectivity index (χ4v) is 3.10. The van der Waals surface area contributed by atoms with Crippen LogP contribution in [-0.2, 0) is 4.74 Å². The number of aryl methyl sites for hydroxylation is 1. The number of alkyl halides is 3. The van der Waals surface area contributed by atoms with E-state index in [1.165, 1.54) is 26.8 Å². The number of para-hydroxylation sites is 1. The summed E-state index contributed by atoms with van der Waals surface area (Å²) >= 11 is 0. The van der Waals surface area contributed by atoms with Gasteiger partial charge in [0.1, 0.15) is 6.04 Å². The van der Waals surface area contributed by atoms with E-state index in [-0.39, 0.29) is 6.02 Å². The Bertz CT molecular complexity index is 803. The quantitative estimate of drug-likeness (QED) is 0.768. The van der Waals surface area contributed by atoms with Crippen LogP contribution in [0, 0.1) is 6.92 Å². The van der Waals surface area contributed by atoms with Gasteiger partial charge in [0.2, 0.25) is 5.79 Å². The van der Waals surface area contributed by atoms with Gasteiger partial charge in [-0.2, -0.15) is 8.78 Å². The summed E-state index contributed by atoms with van der Waals surface area (Å²) in [6.07, 6.45) is 6.17. The number of anilines is 1. The molecule has 7 heteroatoms. The first-order valence-corrected chi connectivity index (χ1v) is 8.85. The van der Waals surface area contributed by atoms with E-state index in [9.17, 15) is 8.78 Å². The third-order valence-electron chi connectivity index (χ3n) is 4.94. The Hall–Kier alpha value is -2.44. The van der Waals surface area contributed by atoms with Crippen LogP contribution in [0.25, 0.3) is 0 Å². The minimum Gasteiger partial charge on any atom is -0.453 e. The predicted molar refractivity (Wildman–Crippen MR) is 101 cm³/mol. The lowest BCUT2D eigenvalue weighted by Gasteiger charge is -2.43. The molecule has 0 aromatic heterocycles. The van der Waals surface area contributed by atoms with Gasteiger partial charge in [-0.1, -0.05) is 36.4 Å². The number of amidine groups is 1. The van der Waals surface area contributed by atoms with Crippen LogP contribution < -0.4 is 10.6 Å². The summed E-state index contributed by atoms with van der Waals surface area (Å²) in [5, 5.41) is 5.42. The number of hydrogen-bond donors (Lipinski definition) is 2. The molecule has 0 spiro atoms. The van der Waals surface area contributed by atoms with Crippen LogP contribution in [0.4, 0.5) is 18.9 Å². The second kappa shape index (κ2) is 6.62. The Morgan fingerprint density at radius 1 is 1.15 bits per heavy atom. The van der Waals surface area contributed by atoms with Crippen LogP contribution in [0.15, 0.2) is 53.6 Å². The van der Waals surface area contributed by atoms with Gasteiger partial charge in [0.15, 0.2) is 5.60 Å². The third kappa shape index (κ3) is 3.55. The molecule has 1 aliphatic heterocycles. The van der Waals surface area contributed by atoms with Crippen LogP contribution in [0.5, 0.6) is 0 Å². The molecular weight excluding hydrogens is 355 g/mol. The van der Waals surface area contributed by atoms with Gasteiger partial charge >= 0.3 is 5.92 Å². The fourth-order valence-electron chi connectivity index (χ4n) is 3.10. The number of rotatable bonds is 3. The first-order chi connectivity index (χ1) is 12.6. The number of benzene rings is 1. The summed E-state index contributed by atoms with van der Waals surface area (Å²) in [4.78, 5) is 4.26. The molecule has 1 fully saturated rings. The van der Waals surface area contributed by atoms with Crippen molar-refractivity contribution in [2.75, 3.05) is 5.32 Å². The first kappa shape index (κ1) is 19.3. The van der Waals surface area contributed by atoms with Crippen LogP contribution in [-0.4, -0.2) is 35.4 Å². The monoisotopic (exact) mass is 379 g/mol. The average Bonchev–Trinajstić information content (AvgIpc) is 2.57. The maximum absolute atomic E-state index is 15.7. The summed E-state index contributed by atoms with van der Waals surface area (Å²) in [5.41, 5.74) is -0.249. The van der Waals surface area contributed by atoms with Gasteiger partial charge in [-0.05, 0) is 45.4 Å². The number of nitrogens with one attached hydrogen (secondary N) is 2. The molecule has 0 saturated carbocycles. The van der Waals surface area contributed by atoms with Crippen molar-refractivity contribution in [1.82, 2.24) is 5.32 Å². The number of nitrogens with zero attached hydrogens (tertiary/aromatic N) is 1. The maximum atomic E-state index is 15.7. The minimum atomic E-state index is -3.10. The van der Waals surface area contributed by atoms with E-state index in [2.05, 4.69) is 15.6 Å². The second-order valence-electron chi connectivity index (χ2n) is 7.43. The Kier molecular flexibility index (Phi) is 4.74. The number of hydrogen-bond acceptors (Lipinski definition) is 3. The van der Waals surface area contributed by atoms with E-state index < -0.39 is 29.4 Å². The first-order valence-electron chi connectivity index (χ1n) is 8.85. The zero-order chi connectivity index (χ0) is 19.9. The van der Waals surface area contributed by atoms with Crippen molar-refractivity contribution >= 4 is 11.7 Å². The molecule has 0 amide bonds. The molecule has 0 bridgehead atoms. The Balaban J connectivity index is 1.88. The second-order valence-corrected chi connectivity index (χ2v) is 7.43. The molecular formula is C20H24F3N3O. The van der Waals surface area contributed by atoms with E-state index in [4.69, 9.17) is 4.74 Å². The van der Waals surface area contributed by atoms with E-state index in [0.717, 1.165) is 5.56 Å². The van der Waals surface area contributed by atoms with E-state index >= 15 is 4.39 Å². The Labute approximate surface area is 157 Å². The van der Waals surface area contributed by atoms with Gasteiger partial charge in [0, 0.05) is 5.69 Å². The SMILES string of the molecule is Cc1ccccc1NC1(F)C=CC=CC1N=C1N[C@H](C)C(F)(F)C(C)(C)O1. The normalized spacial score (nSPS) is 32.6. The summed E-state index contributed by atoms with van der Waals surface area (Å²) in [6, 6.07) is 5.03. The van der Waals surface area contributed by atoms with Crippen molar-refractivity contribution in [2.24, 2.45) is 4.99 Å². The number of allylic oxidation sites excluding steroid dienone is 2. The molecule has 146 valence electrons. The van der Waals surface area contributed by atoms with Crippen LogP contribution in [0.3, 0.4) is 0 Å². The number of halogens is 3. The molecule has 2 aliphatic rings. The molecule has 2 N–H and O–H groups in total. The van der Waals surface area contributed by atoms with Gasteiger partial charge in [0.05, 0.1) is 6.04 Å². The van der Waals surface area contributed by atoms with Crippen LogP contribution >= 0.6 is 0 Å². The standard InChI is InChI=1S/C20H24F3N3O/c1-13-9-5-6-10-15(13)26-19(21)12-8-7-11-16(19)25-17-24-14(2)20(22,23)18(3,4)27-17/h5-12,14,16,26H,1-4H3,(H,24,25)/t14-,16?,19?/m1/s1. The van der Waals surface area contributed by atoms with Crippen LogP contribution in [0.2, 0.25) is 0 Å². The fraction of sp³-hybridized carbons (Fsp3) is 0.450. The Morgan fingerprint density at radius 2 is 1.85 bits per heavy atom. The van der Waals surface area contributed by atoms with Gasteiger partial charge in [-0.3, -0.25) is 0 Å². The highest BCUT2D eigenvalue weighted by Gasteiger charge is 2.57. The molecule has 1 aliphatic carbocycles. The van der Waals surface area contributed by atoms with Gasteiger partial charge in [0.25, 0.3) is 6.02 Å². The van der Waals surface area contributed by atoms with Crippen LogP contribution in [0.1, 0.15) is 26.3 Å². The number of aliphatic imine (C=N–C) groups is 1. The maximum Gasteiger partial charge on any atom is 0.305 e. The largest absolute Gasteiger partial charge is 0.453 e. The molecule has 0 radical (unpaired) electrons. The topological polar surface area (TPSA) is 45.7 Å². The molecule has 27 heavy (non-hydrogen) atoms. The molecule has 1 saturated heterocycles. The van der Waals surface area contributed by atoms with Crippen molar-refractivity contribution in [2.45, 2.75) is 57.1 Å². The van der Waals surface area contributed by atoms with Crippen molar-refractivity contribution < 1.29 is 17.9 Å². The highest BCUT2D eigenvalue weighted by molar-refractivity contribution is 5.76. The molecule has 1 heterocycles. The molecule has 4 nitrogen and oxygen atoms in total. The molecule has 2 unspecified atom stereocenters. The number of ether oxygens (including phenoxy) is 1. The smallest absolute Gasteiger partial charge is 0.305 e. The lowest BCUT2D eigenvalue weighted by atomic mass is 9.93. The zero-order valence-corrected chi connectivity index (χ0v) is 15.8. The zero-order valence-electron chi connectivity index (χ0n) is 15.8. The van der Waals surface area contributed by atoms with E-state index in [1.807, 2.05) is 19.1 Å². The molecule has 3 atom stereocenters. The molecule has 1 aromatic carbocycles. The van der Waals surface area contributed by atoms with Gasteiger partial charge < -0.3 is 15.4 Å². The summed E-state index contributed by atoms with van der Waals surface area (Å²) in [7, 11) is 0. The summed E-state index contributed by atoms with van der Waals surface area (Å²) in [6.45, 7) is 5.81. The van der Waals surface area contributed by atoms with E-state index in [0.29, 0.717) is 5.69 Å². The molecule has 1 aromatic rings. The van der Waals surface area contributed by atoms with Gasteiger partial charge in [-0.15, -0.1) is 0 Å². The third-order valence-corrected chi connectivity index (χ3v) is 4.94. The van der Waals surface area contributed by atoms with Crippen molar-refractivity contribution in [3.05, 3.63) is 54.1 Å². The van der Waals surface area contributed by atoms with Crippen molar-refractivity contribution in [3.63, 3.8) is 0 Å². The highest BCUT2D eigenvalue weighted by Crippen LogP contribution is 2.38. The minimum absolute atomic E-state index is 0.100. The van der Waals surface area contributed by atoms with Gasteiger partial charge in [-0.25, -0.2) is 9.38 Å². The predicted octanol–water partition coefficient (Wildman–Crippen LogP) is 4.35. The summed E-state index contributed by atoms with van der Waals surface area (Å²) in [5.74, 6) is -5.12.